The number of carbonyl (C=O) groups excluding carboxylic acids is 3. The van der Waals surface area contributed by atoms with Crippen LogP contribution in [0.3, 0.4) is 0 Å². The van der Waals surface area contributed by atoms with E-state index >= 15 is 0 Å². The zero-order valence-corrected chi connectivity index (χ0v) is 10.2. The Balaban J connectivity index is 0.00000106. The summed E-state index contributed by atoms with van der Waals surface area (Å²) in [6.07, 6.45) is 1.23. The van der Waals surface area contributed by atoms with Crippen molar-refractivity contribution in [3.8, 4) is 0 Å². The Bertz CT molecular complexity index is 242. The monoisotopic (exact) mass is 228 g/mol. The molecule has 0 radical (unpaired) electrons. The van der Waals surface area contributed by atoms with E-state index in [1.165, 1.54) is 0 Å². The number of carbonyl (C=O) groups is 3. The van der Waals surface area contributed by atoms with E-state index in [-0.39, 0.29) is 30.8 Å². The minimum atomic E-state index is -1.10. The van der Waals surface area contributed by atoms with Gasteiger partial charge >= 0.3 is 5.97 Å². The summed E-state index contributed by atoms with van der Waals surface area (Å²) in [6, 6.07) is 0. The maximum absolute atomic E-state index is 11.1. The van der Waals surface area contributed by atoms with Gasteiger partial charge in [0, 0.05) is 19.3 Å². The zero-order chi connectivity index (χ0) is 12.6. The molecule has 0 unspecified atom stereocenters. The Morgan fingerprint density at radius 3 is 2.19 bits per heavy atom. The number of rotatable bonds is 4. The van der Waals surface area contributed by atoms with E-state index in [0.29, 0.717) is 0 Å². The first kappa shape index (κ1) is 14.8. The van der Waals surface area contributed by atoms with Gasteiger partial charge in [0.05, 0.1) is 0 Å². The van der Waals surface area contributed by atoms with Crippen molar-refractivity contribution in [1.29, 1.82) is 0 Å². The van der Waals surface area contributed by atoms with E-state index in [2.05, 4.69) is 0 Å². The lowest BCUT2D eigenvalue weighted by Gasteiger charge is -2.08. The number of Topliss-reactive ketones (excluding diaryl/α,β-unsaturated/α-hetero) is 2. The number of ether oxygens (including phenoxy) is 1. The first-order valence-corrected chi connectivity index (χ1v) is 5.90. The van der Waals surface area contributed by atoms with Crippen molar-refractivity contribution in [3.05, 3.63) is 0 Å². The van der Waals surface area contributed by atoms with Gasteiger partial charge in [-0.2, -0.15) is 0 Å². The van der Waals surface area contributed by atoms with Crippen LogP contribution < -0.4 is 0 Å². The van der Waals surface area contributed by atoms with Gasteiger partial charge in [0.15, 0.2) is 11.6 Å². The third-order valence-electron chi connectivity index (χ3n) is 2.19. The van der Waals surface area contributed by atoms with Crippen LogP contribution in [0.15, 0.2) is 0 Å². The smallest absolute Gasteiger partial charge is 0.306 e. The average molecular weight is 228 g/mol. The third kappa shape index (κ3) is 4.55. The molecule has 0 spiro atoms. The van der Waals surface area contributed by atoms with Crippen molar-refractivity contribution < 1.29 is 19.1 Å². The molecule has 1 rings (SSSR count). The Hall–Kier alpha value is -1.19. The number of ketones is 2. The normalized spacial score (nSPS) is 15.7. The summed E-state index contributed by atoms with van der Waals surface area (Å²) < 4.78 is 4.80. The molecule has 1 aliphatic carbocycles. The Morgan fingerprint density at radius 1 is 1.25 bits per heavy atom. The van der Waals surface area contributed by atoms with Crippen LogP contribution in [0.25, 0.3) is 0 Å². The lowest BCUT2D eigenvalue weighted by molar-refractivity contribution is -0.157. The molecule has 1 fully saturated rings. The lowest BCUT2D eigenvalue weighted by Crippen LogP contribution is -2.28. The fourth-order valence-electron chi connectivity index (χ4n) is 1.33. The molecule has 0 amide bonds. The molecular weight excluding hydrogens is 208 g/mol. The summed E-state index contributed by atoms with van der Waals surface area (Å²) in [5.41, 5.74) is 0. The SMILES string of the molecule is CC.CCCCC(=O)OC1C(=O)CCC1=O. The fourth-order valence-corrected chi connectivity index (χ4v) is 1.33. The van der Waals surface area contributed by atoms with Crippen LogP contribution in [0, 0.1) is 0 Å². The Morgan fingerprint density at radius 2 is 1.75 bits per heavy atom. The summed E-state index contributed by atoms with van der Waals surface area (Å²) in [5, 5.41) is 0. The minimum absolute atomic E-state index is 0.213. The summed E-state index contributed by atoms with van der Waals surface area (Å²) in [4.78, 5) is 33.3. The van der Waals surface area contributed by atoms with E-state index in [1.54, 1.807) is 0 Å². The van der Waals surface area contributed by atoms with Crippen molar-refractivity contribution in [2.75, 3.05) is 0 Å². The summed E-state index contributed by atoms with van der Waals surface area (Å²) in [7, 11) is 0. The molecule has 0 aliphatic heterocycles. The molecule has 0 aromatic heterocycles. The summed E-state index contributed by atoms with van der Waals surface area (Å²) >= 11 is 0. The van der Waals surface area contributed by atoms with Gasteiger partial charge < -0.3 is 4.74 Å². The number of esters is 1. The van der Waals surface area contributed by atoms with Crippen molar-refractivity contribution in [2.24, 2.45) is 0 Å². The largest absolute Gasteiger partial charge is 0.446 e. The highest BCUT2D eigenvalue weighted by atomic mass is 16.5. The topological polar surface area (TPSA) is 60.4 Å². The van der Waals surface area contributed by atoms with Gasteiger partial charge in [0.25, 0.3) is 0 Å². The highest BCUT2D eigenvalue weighted by Crippen LogP contribution is 2.15. The van der Waals surface area contributed by atoms with Crippen LogP contribution in [-0.4, -0.2) is 23.6 Å². The van der Waals surface area contributed by atoms with Crippen molar-refractivity contribution in [1.82, 2.24) is 0 Å². The molecule has 1 aliphatic rings. The van der Waals surface area contributed by atoms with E-state index in [0.717, 1.165) is 12.8 Å². The van der Waals surface area contributed by atoms with E-state index in [4.69, 9.17) is 4.74 Å². The van der Waals surface area contributed by atoms with Crippen molar-refractivity contribution >= 4 is 17.5 Å². The molecule has 16 heavy (non-hydrogen) atoms. The molecule has 0 bridgehead atoms. The van der Waals surface area contributed by atoms with Gasteiger partial charge in [0.2, 0.25) is 6.10 Å². The predicted molar refractivity (Wildman–Crippen MR) is 60.0 cm³/mol. The summed E-state index contributed by atoms with van der Waals surface area (Å²) in [5.74, 6) is -0.972. The van der Waals surface area contributed by atoms with E-state index in [9.17, 15) is 14.4 Å². The van der Waals surface area contributed by atoms with Gasteiger partial charge in [-0.05, 0) is 6.42 Å². The first-order valence-electron chi connectivity index (χ1n) is 5.90. The lowest BCUT2D eigenvalue weighted by atomic mass is 10.2. The number of hydrogen-bond acceptors (Lipinski definition) is 4. The molecule has 4 heteroatoms. The van der Waals surface area contributed by atoms with Crippen LogP contribution in [-0.2, 0) is 19.1 Å². The van der Waals surface area contributed by atoms with Crippen LogP contribution in [0.1, 0.15) is 52.9 Å². The fraction of sp³-hybridized carbons (Fsp3) is 0.750. The van der Waals surface area contributed by atoms with Gasteiger partial charge in [-0.15, -0.1) is 0 Å². The third-order valence-corrected chi connectivity index (χ3v) is 2.19. The van der Waals surface area contributed by atoms with E-state index < -0.39 is 12.1 Å². The Labute approximate surface area is 96.4 Å². The van der Waals surface area contributed by atoms with Crippen LogP contribution in [0.5, 0.6) is 0 Å². The molecule has 0 heterocycles. The van der Waals surface area contributed by atoms with Gasteiger partial charge in [-0.3, -0.25) is 14.4 Å². The predicted octanol–water partition coefficient (Wildman–Crippen LogP) is 2.05. The molecule has 0 saturated heterocycles. The molecular formula is C12H20O4. The van der Waals surface area contributed by atoms with Crippen LogP contribution in [0.2, 0.25) is 0 Å². The highest BCUT2D eigenvalue weighted by molar-refractivity contribution is 6.12. The standard InChI is InChI=1S/C10H14O4.C2H6/c1-2-3-4-9(13)14-10-7(11)5-6-8(10)12;1-2/h10H,2-6H2,1H3;1-2H3. The second-order valence-corrected chi connectivity index (χ2v) is 3.41. The van der Waals surface area contributed by atoms with Gasteiger partial charge in [-0.25, -0.2) is 0 Å². The average Bonchev–Trinajstić information content (AvgIpc) is 2.61. The maximum Gasteiger partial charge on any atom is 0.306 e. The molecule has 0 aromatic carbocycles. The second kappa shape index (κ2) is 8.02. The first-order chi connectivity index (χ1) is 7.65. The molecule has 1 saturated carbocycles. The zero-order valence-electron chi connectivity index (χ0n) is 10.2. The molecule has 4 nitrogen and oxygen atoms in total. The highest BCUT2D eigenvalue weighted by Gasteiger charge is 2.35. The second-order valence-electron chi connectivity index (χ2n) is 3.41. The maximum atomic E-state index is 11.1. The number of hydrogen-bond donors (Lipinski definition) is 0. The van der Waals surface area contributed by atoms with Crippen molar-refractivity contribution in [2.45, 2.75) is 59.0 Å². The van der Waals surface area contributed by atoms with Crippen molar-refractivity contribution in [3.63, 3.8) is 0 Å². The molecule has 0 atom stereocenters. The van der Waals surface area contributed by atoms with Crippen LogP contribution in [0.4, 0.5) is 0 Å². The van der Waals surface area contributed by atoms with Gasteiger partial charge in [0.1, 0.15) is 0 Å². The van der Waals surface area contributed by atoms with Crippen LogP contribution >= 0.6 is 0 Å². The minimum Gasteiger partial charge on any atom is -0.446 e. The Kier molecular flexibility index (Phi) is 7.42. The van der Waals surface area contributed by atoms with Gasteiger partial charge in [-0.1, -0.05) is 27.2 Å². The molecule has 92 valence electrons. The van der Waals surface area contributed by atoms with E-state index in [1.807, 2.05) is 20.8 Å². The molecule has 0 N–H and O–H groups in total. The molecule has 0 aromatic rings. The number of unbranched alkanes of at least 4 members (excludes halogenated alkanes) is 1. The quantitative estimate of drug-likeness (QED) is 0.545. The summed E-state index contributed by atoms with van der Waals surface area (Å²) in [6.45, 7) is 5.96.